The van der Waals surface area contributed by atoms with Crippen LogP contribution in [0, 0.1) is 23.7 Å². The molecule has 1 aromatic rings. The van der Waals surface area contributed by atoms with Gasteiger partial charge >= 0.3 is 0 Å². The topological polar surface area (TPSA) is 49.3 Å². The van der Waals surface area contributed by atoms with Crippen LogP contribution in [0.3, 0.4) is 0 Å². The zero-order chi connectivity index (χ0) is 15.2. The van der Waals surface area contributed by atoms with Crippen LogP contribution in [0.1, 0.15) is 54.8 Å². The lowest BCUT2D eigenvalue weighted by Crippen LogP contribution is -2.42. The molecule has 1 amide bonds. The molecule has 3 atom stereocenters. The van der Waals surface area contributed by atoms with E-state index < -0.39 is 0 Å². The van der Waals surface area contributed by atoms with E-state index in [1.807, 2.05) is 11.4 Å². The Balaban J connectivity index is 2.01. The largest absolute Gasteiger partial charge is 0.395 e. The zero-order valence-corrected chi connectivity index (χ0v) is 13.5. The van der Waals surface area contributed by atoms with E-state index in [2.05, 4.69) is 31.0 Å². The molecule has 2 N–H and O–H groups in total. The number of aliphatic hydroxyl groups is 1. The summed E-state index contributed by atoms with van der Waals surface area (Å²) in [5.41, 5.74) is 0.766. The van der Waals surface area contributed by atoms with E-state index in [0.29, 0.717) is 17.2 Å². The van der Waals surface area contributed by atoms with Crippen molar-refractivity contribution in [2.24, 2.45) is 11.8 Å². The Bertz CT molecular complexity index is 540. The monoisotopic (exact) mass is 305 g/mol. The Labute approximate surface area is 130 Å². The van der Waals surface area contributed by atoms with Gasteiger partial charge in [-0.3, -0.25) is 4.79 Å². The summed E-state index contributed by atoms with van der Waals surface area (Å²) in [5.74, 6) is 7.13. The lowest BCUT2D eigenvalue weighted by atomic mass is 9.80. The molecule has 1 saturated carbocycles. The summed E-state index contributed by atoms with van der Waals surface area (Å²) in [4.78, 5) is 13.1. The number of carbonyl (C=O) groups is 1. The van der Waals surface area contributed by atoms with Crippen LogP contribution < -0.4 is 5.32 Å². The maximum atomic E-state index is 12.4. The molecule has 0 aromatic carbocycles. The Morgan fingerprint density at radius 3 is 3.00 bits per heavy atom. The fraction of sp³-hybridized carbons (Fsp3) is 0.588. The van der Waals surface area contributed by atoms with E-state index in [0.717, 1.165) is 17.9 Å². The Hall–Kier alpha value is -1.31. The van der Waals surface area contributed by atoms with Gasteiger partial charge in [-0.15, -0.1) is 11.3 Å². The summed E-state index contributed by atoms with van der Waals surface area (Å²) >= 11 is 1.43. The van der Waals surface area contributed by atoms with Crippen molar-refractivity contribution in [3.8, 4) is 11.8 Å². The first-order valence-corrected chi connectivity index (χ1v) is 8.48. The van der Waals surface area contributed by atoms with Crippen molar-refractivity contribution in [1.82, 2.24) is 5.32 Å². The summed E-state index contributed by atoms with van der Waals surface area (Å²) in [5, 5.41) is 13.8. The molecule has 114 valence electrons. The smallest absolute Gasteiger partial charge is 0.262 e. The SMILES string of the molecule is CC1CCC(NC(=O)c2sccc2C#CCCO)C(C)C1. The fourth-order valence-corrected chi connectivity index (χ4v) is 3.66. The van der Waals surface area contributed by atoms with Crippen molar-refractivity contribution >= 4 is 17.2 Å². The van der Waals surface area contributed by atoms with Gasteiger partial charge in [-0.05, 0) is 42.5 Å². The van der Waals surface area contributed by atoms with Gasteiger partial charge < -0.3 is 10.4 Å². The van der Waals surface area contributed by atoms with Gasteiger partial charge in [0.1, 0.15) is 4.88 Å². The Morgan fingerprint density at radius 1 is 1.48 bits per heavy atom. The molecule has 1 aromatic heterocycles. The van der Waals surface area contributed by atoms with Gasteiger partial charge in [-0.2, -0.15) is 0 Å². The molecule has 3 nitrogen and oxygen atoms in total. The van der Waals surface area contributed by atoms with Crippen LogP contribution in [0.15, 0.2) is 11.4 Å². The predicted molar refractivity (Wildman–Crippen MR) is 86.3 cm³/mol. The van der Waals surface area contributed by atoms with Gasteiger partial charge in [0, 0.05) is 18.0 Å². The van der Waals surface area contributed by atoms with E-state index in [4.69, 9.17) is 5.11 Å². The Morgan fingerprint density at radius 2 is 2.29 bits per heavy atom. The minimum Gasteiger partial charge on any atom is -0.395 e. The highest BCUT2D eigenvalue weighted by molar-refractivity contribution is 7.12. The number of hydrogen-bond acceptors (Lipinski definition) is 3. The molecule has 0 saturated heterocycles. The predicted octanol–water partition coefficient (Wildman–Crippen LogP) is 3.04. The molecule has 0 radical (unpaired) electrons. The number of hydrogen-bond donors (Lipinski definition) is 2. The molecule has 0 aliphatic heterocycles. The molecular formula is C17H23NO2S. The quantitative estimate of drug-likeness (QED) is 0.843. The molecular weight excluding hydrogens is 282 g/mol. The highest BCUT2D eigenvalue weighted by Crippen LogP contribution is 2.29. The number of nitrogens with one attached hydrogen (secondary N) is 1. The van der Waals surface area contributed by atoms with E-state index >= 15 is 0 Å². The summed E-state index contributed by atoms with van der Waals surface area (Å²) in [6.07, 6.45) is 3.86. The van der Waals surface area contributed by atoms with Crippen molar-refractivity contribution < 1.29 is 9.90 Å². The summed E-state index contributed by atoms with van der Waals surface area (Å²) in [7, 11) is 0. The van der Waals surface area contributed by atoms with Crippen LogP contribution in [0.4, 0.5) is 0 Å². The van der Waals surface area contributed by atoms with Gasteiger partial charge in [0.15, 0.2) is 0 Å². The molecule has 0 bridgehead atoms. The third-order valence-electron chi connectivity index (χ3n) is 4.08. The standard InChI is InChI=1S/C17H23NO2S/c1-12-6-7-15(13(2)11-12)18-17(20)16-14(8-10-21-16)5-3-4-9-19/h8,10,12-13,15,19H,4,6-7,9,11H2,1-2H3,(H,18,20). The Kier molecular flexibility index (Phi) is 5.84. The summed E-state index contributed by atoms with van der Waals surface area (Å²) in [6, 6.07) is 2.14. The van der Waals surface area contributed by atoms with E-state index in [-0.39, 0.29) is 18.6 Å². The van der Waals surface area contributed by atoms with Crippen LogP contribution in [0.25, 0.3) is 0 Å². The van der Waals surface area contributed by atoms with Gasteiger partial charge in [0.25, 0.3) is 5.91 Å². The molecule has 3 unspecified atom stereocenters. The molecule has 1 aliphatic carbocycles. The van der Waals surface area contributed by atoms with Crippen LogP contribution in [0.2, 0.25) is 0 Å². The minimum atomic E-state index is -0.00954. The second kappa shape index (κ2) is 7.63. The number of rotatable bonds is 3. The van der Waals surface area contributed by atoms with E-state index in [1.54, 1.807) is 0 Å². The van der Waals surface area contributed by atoms with Crippen molar-refractivity contribution in [3.05, 3.63) is 21.9 Å². The van der Waals surface area contributed by atoms with Gasteiger partial charge in [-0.25, -0.2) is 0 Å². The average Bonchev–Trinajstić information content (AvgIpc) is 2.91. The third kappa shape index (κ3) is 4.33. The molecule has 1 heterocycles. The van der Waals surface area contributed by atoms with Crippen LogP contribution in [-0.2, 0) is 0 Å². The van der Waals surface area contributed by atoms with Crippen molar-refractivity contribution in [2.45, 2.75) is 45.6 Å². The summed E-state index contributed by atoms with van der Waals surface area (Å²) < 4.78 is 0. The van der Waals surface area contributed by atoms with E-state index in [9.17, 15) is 4.79 Å². The molecule has 21 heavy (non-hydrogen) atoms. The zero-order valence-electron chi connectivity index (χ0n) is 12.7. The number of aliphatic hydroxyl groups excluding tert-OH is 1. The lowest BCUT2D eigenvalue weighted by molar-refractivity contribution is 0.0903. The van der Waals surface area contributed by atoms with Crippen LogP contribution >= 0.6 is 11.3 Å². The first kappa shape index (κ1) is 16.1. The van der Waals surface area contributed by atoms with Crippen LogP contribution in [-0.4, -0.2) is 23.7 Å². The lowest BCUT2D eigenvalue weighted by Gasteiger charge is -2.33. The number of thiophene rings is 1. The van der Waals surface area contributed by atoms with Gasteiger partial charge in [-0.1, -0.05) is 25.7 Å². The second-order valence-electron chi connectivity index (χ2n) is 5.91. The number of carbonyl (C=O) groups excluding carboxylic acids is 1. The molecule has 1 aliphatic rings. The van der Waals surface area contributed by atoms with Crippen molar-refractivity contribution in [1.29, 1.82) is 0 Å². The van der Waals surface area contributed by atoms with Gasteiger partial charge in [0.05, 0.1) is 6.61 Å². The normalized spacial score (nSPS) is 25.0. The highest BCUT2D eigenvalue weighted by Gasteiger charge is 2.27. The van der Waals surface area contributed by atoms with Crippen LogP contribution in [0.5, 0.6) is 0 Å². The molecule has 4 heteroatoms. The summed E-state index contributed by atoms with van der Waals surface area (Å²) in [6.45, 7) is 4.55. The van der Waals surface area contributed by atoms with Gasteiger partial charge in [0.2, 0.25) is 0 Å². The minimum absolute atomic E-state index is 0.00954. The first-order valence-electron chi connectivity index (χ1n) is 7.60. The third-order valence-corrected chi connectivity index (χ3v) is 4.99. The fourth-order valence-electron chi connectivity index (χ4n) is 2.91. The molecule has 1 fully saturated rings. The first-order chi connectivity index (χ1) is 10.1. The average molecular weight is 305 g/mol. The number of amides is 1. The molecule has 0 spiro atoms. The second-order valence-corrected chi connectivity index (χ2v) is 6.83. The van der Waals surface area contributed by atoms with E-state index in [1.165, 1.54) is 24.2 Å². The maximum absolute atomic E-state index is 12.4. The molecule has 2 rings (SSSR count). The van der Waals surface area contributed by atoms with Crippen molar-refractivity contribution in [2.75, 3.05) is 6.61 Å². The highest BCUT2D eigenvalue weighted by atomic mass is 32.1. The maximum Gasteiger partial charge on any atom is 0.262 e. The van der Waals surface area contributed by atoms with Crippen molar-refractivity contribution in [3.63, 3.8) is 0 Å².